The molecule has 24 heavy (non-hydrogen) atoms. The molecule has 1 fully saturated rings. The van der Waals surface area contributed by atoms with Gasteiger partial charge in [0, 0.05) is 38.8 Å². The molecule has 3 rings (SSSR count). The third-order valence-corrected chi connectivity index (χ3v) is 4.69. The molecule has 0 spiro atoms. The number of benzene rings is 2. The Morgan fingerprint density at radius 1 is 0.875 bits per heavy atom. The van der Waals surface area contributed by atoms with E-state index in [0.717, 1.165) is 39.1 Å². The van der Waals surface area contributed by atoms with Crippen LogP contribution in [0.1, 0.15) is 17.2 Å². The van der Waals surface area contributed by atoms with Crippen LogP contribution in [0.2, 0.25) is 0 Å². The van der Waals surface area contributed by atoms with Gasteiger partial charge in [-0.05, 0) is 17.5 Å². The fraction of sp³-hybridized carbons (Fsp3) is 0.333. The molecule has 128 valence electrons. The van der Waals surface area contributed by atoms with E-state index in [1.165, 1.54) is 11.1 Å². The van der Waals surface area contributed by atoms with Crippen molar-refractivity contribution in [2.45, 2.75) is 12.5 Å². The smallest absolute Gasteiger partial charge is 0.0389 e. The first kappa shape index (κ1) is 18.7. The monoisotopic (exact) mass is 342 g/mol. The van der Waals surface area contributed by atoms with Crippen molar-refractivity contribution in [3.63, 3.8) is 0 Å². The molecule has 0 amide bonds. The number of hydrogen-bond donors (Lipinski definition) is 0. The second-order valence-corrected chi connectivity index (χ2v) is 6.24. The van der Waals surface area contributed by atoms with E-state index in [0.29, 0.717) is 6.04 Å². The summed E-state index contributed by atoms with van der Waals surface area (Å²) in [6.07, 6.45) is 3.08. The molecule has 1 atom stereocenters. The molecule has 2 aromatic carbocycles. The van der Waals surface area contributed by atoms with Gasteiger partial charge < -0.3 is 0 Å². The third-order valence-electron chi connectivity index (χ3n) is 4.69. The summed E-state index contributed by atoms with van der Waals surface area (Å²) in [6.45, 7) is 9.37. The van der Waals surface area contributed by atoms with E-state index in [9.17, 15) is 0 Å². The van der Waals surface area contributed by atoms with Crippen LogP contribution in [0.25, 0.3) is 0 Å². The number of nitrogens with zero attached hydrogens (tertiary/aromatic N) is 2. The quantitative estimate of drug-likeness (QED) is 0.726. The Kier molecular flexibility index (Phi) is 7.51. The number of rotatable bonds is 6. The Balaban J connectivity index is 0.00000208. The van der Waals surface area contributed by atoms with E-state index in [4.69, 9.17) is 0 Å². The summed E-state index contributed by atoms with van der Waals surface area (Å²) in [4.78, 5) is 5.12. The summed E-state index contributed by atoms with van der Waals surface area (Å²) < 4.78 is 0. The van der Waals surface area contributed by atoms with Crippen molar-refractivity contribution in [3.05, 3.63) is 84.4 Å². The molecular formula is C21H27ClN2. The van der Waals surface area contributed by atoms with Gasteiger partial charge in [0.1, 0.15) is 0 Å². The SMILES string of the molecule is C=CCN1CCN(C(Cc2ccccc2)c2ccccc2)CC1.Cl. The Morgan fingerprint density at radius 2 is 1.46 bits per heavy atom. The van der Waals surface area contributed by atoms with Crippen molar-refractivity contribution in [1.82, 2.24) is 9.80 Å². The van der Waals surface area contributed by atoms with E-state index < -0.39 is 0 Å². The Bertz CT molecular complexity index is 592. The molecule has 1 aliphatic rings. The minimum Gasteiger partial charge on any atom is -0.297 e. The third kappa shape index (κ3) is 4.94. The van der Waals surface area contributed by atoms with Gasteiger partial charge in [-0.15, -0.1) is 19.0 Å². The van der Waals surface area contributed by atoms with Gasteiger partial charge >= 0.3 is 0 Å². The van der Waals surface area contributed by atoms with Crippen LogP contribution < -0.4 is 0 Å². The van der Waals surface area contributed by atoms with Crippen molar-refractivity contribution in [2.24, 2.45) is 0 Å². The maximum absolute atomic E-state index is 3.86. The lowest BCUT2D eigenvalue weighted by molar-refractivity contribution is 0.102. The number of hydrogen-bond acceptors (Lipinski definition) is 2. The van der Waals surface area contributed by atoms with Gasteiger partial charge in [-0.2, -0.15) is 0 Å². The standard InChI is InChI=1S/C21H26N2.ClH/c1-2-13-22-14-16-23(17-15-22)21(20-11-7-4-8-12-20)18-19-9-5-3-6-10-19;/h2-12,21H,1,13-18H2;1H. The van der Waals surface area contributed by atoms with Crippen LogP contribution >= 0.6 is 12.4 Å². The highest BCUT2D eigenvalue weighted by atomic mass is 35.5. The Hall–Kier alpha value is -1.61. The zero-order chi connectivity index (χ0) is 15.9. The van der Waals surface area contributed by atoms with Crippen LogP contribution in [-0.2, 0) is 6.42 Å². The van der Waals surface area contributed by atoms with E-state index in [1.807, 2.05) is 6.08 Å². The highest BCUT2D eigenvalue weighted by molar-refractivity contribution is 5.85. The normalized spacial score (nSPS) is 17.0. The molecule has 3 heteroatoms. The topological polar surface area (TPSA) is 6.48 Å². The first-order chi connectivity index (χ1) is 11.4. The summed E-state index contributed by atoms with van der Waals surface area (Å²) in [7, 11) is 0. The molecule has 1 saturated heterocycles. The van der Waals surface area contributed by atoms with Crippen LogP contribution in [0.3, 0.4) is 0 Å². The van der Waals surface area contributed by atoms with Crippen molar-refractivity contribution in [2.75, 3.05) is 32.7 Å². The summed E-state index contributed by atoms with van der Waals surface area (Å²) in [6, 6.07) is 22.3. The van der Waals surface area contributed by atoms with Crippen molar-refractivity contribution in [3.8, 4) is 0 Å². The minimum absolute atomic E-state index is 0. The molecule has 0 saturated carbocycles. The lowest BCUT2D eigenvalue weighted by Gasteiger charge is -2.39. The maximum Gasteiger partial charge on any atom is 0.0389 e. The van der Waals surface area contributed by atoms with E-state index >= 15 is 0 Å². The zero-order valence-corrected chi connectivity index (χ0v) is 15.0. The van der Waals surface area contributed by atoms with Crippen LogP contribution in [0, 0.1) is 0 Å². The van der Waals surface area contributed by atoms with E-state index in [-0.39, 0.29) is 12.4 Å². The van der Waals surface area contributed by atoms with Gasteiger partial charge in [0.25, 0.3) is 0 Å². The fourth-order valence-electron chi connectivity index (χ4n) is 3.41. The van der Waals surface area contributed by atoms with Gasteiger partial charge in [-0.25, -0.2) is 0 Å². The van der Waals surface area contributed by atoms with Gasteiger partial charge in [-0.1, -0.05) is 66.7 Å². The molecule has 2 nitrogen and oxygen atoms in total. The Labute approximate surface area is 152 Å². The lowest BCUT2D eigenvalue weighted by Crippen LogP contribution is -2.47. The van der Waals surface area contributed by atoms with Crippen molar-refractivity contribution < 1.29 is 0 Å². The molecule has 0 aromatic heterocycles. The maximum atomic E-state index is 3.86. The summed E-state index contributed by atoms with van der Waals surface area (Å²) in [5.41, 5.74) is 2.84. The highest BCUT2D eigenvalue weighted by Crippen LogP contribution is 2.26. The van der Waals surface area contributed by atoms with Crippen LogP contribution in [0.15, 0.2) is 73.3 Å². The van der Waals surface area contributed by atoms with Crippen molar-refractivity contribution in [1.29, 1.82) is 0 Å². The fourth-order valence-corrected chi connectivity index (χ4v) is 3.41. The second-order valence-electron chi connectivity index (χ2n) is 6.24. The molecule has 0 radical (unpaired) electrons. The molecule has 0 aliphatic carbocycles. The second kappa shape index (κ2) is 9.63. The zero-order valence-electron chi connectivity index (χ0n) is 14.2. The van der Waals surface area contributed by atoms with E-state index in [1.54, 1.807) is 0 Å². The first-order valence-corrected chi connectivity index (χ1v) is 8.53. The molecule has 1 unspecified atom stereocenters. The molecule has 1 aliphatic heterocycles. The van der Waals surface area contributed by atoms with Gasteiger partial charge in [0.2, 0.25) is 0 Å². The van der Waals surface area contributed by atoms with Gasteiger partial charge in [0.05, 0.1) is 0 Å². The number of piperazine rings is 1. The van der Waals surface area contributed by atoms with Gasteiger partial charge in [-0.3, -0.25) is 9.80 Å². The average molecular weight is 343 g/mol. The molecule has 2 aromatic rings. The summed E-state index contributed by atoms with van der Waals surface area (Å²) >= 11 is 0. The largest absolute Gasteiger partial charge is 0.297 e. The summed E-state index contributed by atoms with van der Waals surface area (Å²) in [5, 5.41) is 0. The van der Waals surface area contributed by atoms with Gasteiger partial charge in [0.15, 0.2) is 0 Å². The number of halogens is 1. The van der Waals surface area contributed by atoms with Crippen LogP contribution in [0.5, 0.6) is 0 Å². The molecule has 0 N–H and O–H groups in total. The van der Waals surface area contributed by atoms with Crippen LogP contribution in [0.4, 0.5) is 0 Å². The van der Waals surface area contributed by atoms with E-state index in [2.05, 4.69) is 77.0 Å². The predicted octanol–water partition coefficient (Wildman–Crippen LogP) is 4.20. The highest BCUT2D eigenvalue weighted by Gasteiger charge is 2.24. The average Bonchev–Trinajstić information content (AvgIpc) is 2.62. The minimum atomic E-state index is 0. The van der Waals surface area contributed by atoms with Crippen molar-refractivity contribution >= 4 is 12.4 Å². The first-order valence-electron chi connectivity index (χ1n) is 8.53. The molecular weight excluding hydrogens is 316 g/mol. The lowest BCUT2D eigenvalue weighted by atomic mass is 9.96. The predicted molar refractivity (Wildman–Crippen MR) is 105 cm³/mol. The molecule has 1 heterocycles. The summed E-state index contributed by atoms with van der Waals surface area (Å²) in [5.74, 6) is 0. The molecule has 0 bridgehead atoms. The Morgan fingerprint density at radius 3 is 2.04 bits per heavy atom. The van der Waals surface area contributed by atoms with Crippen LogP contribution in [-0.4, -0.2) is 42.5 Å².